The maximum Gasteiger partial charge on any atom is 0.303 e. The topological polar surface area (TPSA) is 75.4 Å². The van der Waals surface area contributed by atoms with Crippen LogP contribution in [0, 0.1) is 17.8 Å². The highest BCUT2D eigenvalue weighted by molar-refractivity contribution is 6.11. The number of hydrogen-bond acceptors (Lipinski definition) is 3. The summed E-state index contributed by atoms with van der Waals surface area (Å²) in [7, 11) is 0. The monoisotopic (exact) mass is 353 g/mol. The highest BCUT2D eigenvalue weighted by atomic mass is 16.2. The minimum atomic E-state index is -1.08. The molecule has 26 heavy (non-hydrogen) atoms. The number of amides is 2. The quantitative estimate of drug-likeness (QED) is 0.799. The van der Waals surface area contributed by atoms with Gasteiger partial charge in [-0.15, -0.1) is 6.42 Å². The fraction of sp³-hybridized carbons (Fsp3) is 0.524. The average molecular weight is 353 g/mol. The molecule has 2 aliphatic carbocycles. The molecule has 3 rings (SSSR count). The third-order valence-corrected chi connectivity index (χ3v) is 5.78. The van der Waals surface area contributed by atoms with Crippen LogP contribution in [0.2, 0.25) is 0 Å². The number of carbonyl (C=O) groups is 2. The number of anilines is 2. The molecular weight excluding hydrogens is 326 g/mol. The summed E-state index contributed by atoms with van der Waals surface area (Å²) in [6, 6.07) is 8.02. The molecule has 138 valence electrons. The fourth-order valence-corrected chi connectivity index (χ4v) is 4.17. The molecule has 1 unspecified atom stereocenters. The molecular formula is C21H27N3O2. The van der Waals surface area contributed by atoms with Crippen LogP contribution in [0.4, 0.5) is 11.4 Å². The van der Waals surface area contributed by atoms with E-state index in [9.17, 15) is 9.59 Å². The smallest absolute Gasteiger partial charge is 0.303 e. The Kier molecular flexibility index (Phi) is 4.70. The number of benzene rings is 1. The molecule has 3 N–H and O–H groups in total. The van der Waals surface area contributed by atoms with E-state index in [-0.39, 0.29) is 5.41 Å². The van der Waals surface area contributed by atoms with Crippen LogP contribution in [0.25, 0.3) is 0 Å². The van der Waals surface area contributed by atoms with E-state index in [0.717, 1.165) is 24.9 Å². The summed E-state index contributed by atoms with van der Waals surface area (Å²) in [5.41, 5.74) is 6.21. The second-order valence-corrected chi connectivity index (χ2v) is 8.34. The summed E-state index contributed by atoms with van der Waals surface area (Å²) in [4.78, 5) is 26.6. The van der Waals surface area contributed by atoms with Gasteiger partial charge in [0.05, 0.1) is 0 Å². The van der Waals surface area contributed by atoms with Crippen molar-refractivity contribution < 1.29 is 9.59 Å². The van der Waals surface area contributed by atoms with E-state index >= 15 is 0 Å². The van der Waals surface area contributed by atoms with Crippen molar-refractivity contribution in [2.45, 2.75) is 64.0 Å². The van der Waals surface area contributed by atoms with Gasteiger partial charge in [-0.3, -0.25) is 14.5 Å². The molecule has 1 aromatic rings. The number of nitrogens with one attached hydrogen (secondary N) is 1. The van der Waals surface area contributed by atoms with Crippen molar-refractivity contribution in [2.75, 3.05) is 10.2 Å². The highest BCUT2D eigenvalue weighted by Gasteiger charge is 2.53. The lowest BCUT2D eigenvalue weighted by Crippen LogP contribution is -2.59. The van der Waals surface area contributed by atoms with E-state index in [1.54, 1.807) is 0 Å². The molecule has 0 aliphatic heterocycles. The lowest BCUT2D eigenvalue weighted by atomic mass is 9.85. The summed E-state index contributed by atoms with van der Waals surface area (Å²) in [5, 5.41) is 3.47. The number of primary amides is 1. The number of rotatable bonds is 5. The molecule has 5 heteroatoms. The zero-order valence-corrected chi connectivity index (χ0v) is 15.5. The van der Waals surface area contributed by atoms with Gasteiger partial charge >= 0.3 is 5.91 Å². The standard InChI is InChI=1S/C21H27N3O2/c1-4-18(25)24(21(19(22)26)12-11-20(2,3)14-21)17-10-6-9-16(13-17)23-15-7-5-8-15/h1,6,9-10,13,15,23H,5,7-8,11-12,14H2,2-3H3,(H2,22,26). The van der Waals surface area contributed by atoms with Crippen molar-refractivity contribution in [1.29, 1.82) is 0 Å². The Morgan fingerprint density at radius 1 is 1.31 bits per heavy atom. The maximum absolute atomic E-state index is 12.7. The molecule has 2 fully saturated rings. The van der Waals surface area contributed by atoms with Crippen LogP contribution in [-0.2, 0) is 9.59 Å². The van der Waals surface area contributed by atoms with Crippen LogP contribution in [0.3, 0.4) is 0 Å². The van der Waals surface area contributed by atoms with Crippen molar-refractivity contribution in [2.24, 2.45) is 11.1 Å². The summed E-state index contributed by atoms with van der Waals surface area (Å²) in [6.45, 7) is 4.18. The number of hydrogen-bond donors (Lipinski definition) is 2. The van der Waals surface area contributed by atoms with Gasteiger partial charge in [0.2, 0.25) is 5.91 Å². The van der Waals surface area contributed by atoms with Gasteiger partial charge in [-0.05, 0) is 68.1 Å². The Morgan fingerprint density at radius 2 is 2.04 bits per heavy atom. The minimum absolute atomic E-state index is 0.0794. The third kappa shape index (κ3) is 3.29. The van der Waals surface area contributed by atoms with Gasteiger partial charge in [0.15, 0.2) is 0 Å². The molecule has 2 saturated carbocycles. The molecule has 0 aromatic heterocycles. The summed E-state index contributed by atoms with van der Waals surface area (Å²) in [6.07, 6.45) is 10.8. The largest absolute Gasteiger partial charge is 0.382 e. The van der Waals surface area contributed by atoms with Crippen LogP contribution >= 0.6 is 0 Å². The van der Waals surface area contributed by atoms with Crippen molar-refractivity contribution >= 4 is 23.2 Å². The van der Waals surface area contributed by atoms with Gasteiger partial charge in [0, 0.05) is 17.4 Å². The van der Waals surface area contributed by atoms with Crippen LogP contribution in [0.5, 0.6) is 0 Å². The summed E-state index contributed by atoms with van der Waals surface area (Å²) in [5.74, 6) is 1.17. The predicted molar refractivity (Wildman–Crippen MR) is 104 cm³/mol. The Bertz CT molecular complexity index is 761. The molecule has 0 saturated heterocycles. The predicted octanol–water partition coefficient (Wildman–Crippen LogP) is 3.05. The molecule has 2 amide bonds. The van der Waals surface area contributed by atoms with Crippen LogP contribution < -0.4 is 16.0 Å². The number of carbonyl (C=O) groups excluding carboxylic acids is 2. The first kappa shape index (κ1) is 18.3. The minimum Gasteiger partial charge on any atom is -0.382 e. The first-order valence-electron chi connectivity index (χ1n) is 9.25. The Labute approximate surface area is 155 Å². The molecule has 0 spiro atoms. The van der Waals surface area contributed by atoms with Gasteiger partial charge in [0.1, 0.15) is 5.54 Å². The molecule has 0 bridgehead atoms. The molecule has 1 aromatic carbocycles. The average Bonchev–Trinajstić information content (AvgIpc) is 2.88. The van der Waals surface area contributed by atoms with Crippen LogP contribution in [-0.4, -0.2) is 23.4 Å². The lowest BCUT2D eigenvalue weighted by molar-refractivity contribution is -0.126. The molecule has 1 atom stereocenters. The van der Waals surface area contributed by atoms with Gasteiger partial charge in [-0.1, -0.05) is 19.9 Å². The normalized spacial score (nSPS) is 24.3. The molecule has 0 radical (unpaired) electrons. The van der Waals surface area contributed by atoms with Crippen molar-refractivity contribution in [3.05, 3.63) is 24.3 Å². The Balaban J connectivity index is 2.00. The van der Waals surface area contributed by atoms with Crippen molar-refractivity contribution in [1.82, 2.24) is 0 Å². The third-order valence-electron chi connectivity index (χ3n) is 5.78. The first-order valence-corrected chi connectivity index (χ1v) is 9.25. The number of nitrogens with two attached hydrogens (primary N) is 1. The van der Waals surface area contributed by atoms with Gasteiger partial charge in [-0.2, -0.15) is 0 Å². The number of nitrogens with zero attached hydrogens (tertiary/aromatic N) is 1. The zero-order chi connectivity index (χ0) is 18.9. The van der Waals surface area contributed by atoms with E-state index in [2.05, 4.69) is 25.1 Å². The van der Waals surface area contributed by atoms with Gasteiger partial charge in [-0.25, -0.2) is 0 Å². The van der Waals surface area contributed by atoms with E-state index in [1.165, 1.54) is 11.3 Å². The van der Waals surface area contributed by atoms with Gasteiger partial charge < -0.3 is 11.1 Å². The molecule has 5 nitrogen and oxygen atoms in total. The Hall–Kier alpha value is -2.48. The highest BCUT2D eigenvalue weighted by Crippen LogP contribution is 2.48. The Morgan fingerprint density at radius 3 is 2.54 bits per heavy atom. The second kappa shape index (κ2) is 6.68. The summed E-state index contributed by atoms with van der Waals surface area (Å²) < 4.78 is 0. The number of terminal acetylenes is 1. The summed E-state index contributed by atoms with van der Waals surface area (Å²) >= 11 is 0. The molecule has 2 aliphatic rings. The van der Waals surface area contributed by atoms with Crippen molar-refractivity contribution in [3.8, 4) is 12.3 Å². The van der Waals surface area contributed by atoms with E-state index in [0.29, 0.717) is 24.6 Å². The SMILES string of the molecule is C#CC(=O)N(c1cccc(NC2CCC2)c1)C1(C(N)=O)CCC(C)(C)C1. The van der Waals surface area contributed by atoms with E-state index in [1.807, 2.05) is 24.3 Å². The van der Waals surface area contributed by atoms with Crippen LogP contribution in [0.15, 0.2) is 24.3 Å². The molecule has 0 heterocycles. The van der Waals surface area contributed by atoms with E-state index < -0.39 is 17.4 Å². The van der Waals surface area contributed by atoms with Gasteiger partial charge in [0.25, 0.3) is 0 Å². The maximum atomic E-state index is 12.7. The second-order valence-electron chi connectivity index (χ2n) is 8.34. The lowest BCUT2D eigenvalue weighted by Gasteiger charge is -2.39. The first-order chi connectivity index (χ1) is 12.3. The van der Waals surface area contributed by atoms with Crippen LogP contribution in [0.1, 0.15) is 52.4 Å². The van der Waals surface area contributed by atoms with E-state index in [4.69, 9.17) is 12.2 Å². The fourth-order valence-electron chi connectivity index (χ4n) is 4.17. The zero-order valence-electron chi connectivity index (χ0n) is 15.5. The van der Waals surface area contributed by atoms with Crippen molar-refractivity contribution in [3.63, 3.8) is 0 Å².